The van der Waals surface area contributed by atoms with Crippen LogP contribution >= 0.6 is 23.1 Å². The van der Waals surface area contributed by atoms with Crippen molar-refractivity contribution in [2.45, 2.75) is 25.1 Å². The van der Waals surface area contributed by atoms with E-state index in [4.69, 9.17) is 0 Å². The highest BCUT2D eigenvalue weighted by molar-refractivity contribution is 8.01. The van der Waals surface area contributed by atoms with E-state index < -0.39 is 0 Å². The van der Waals surface area contributed by atoms with Gasteiger partial charge >= 0.3 is 6.03 Å². The summed E-state index contributed by atoms with van der Waals surface area (Å²) >= 11 is 2.89. The van der Waals surface area contributed by atoms with Crippen LogP contribution in [0.25, 0.3) is 10.2 Å². The molecule has 0 saturated heterocycles. The summed E-state index contributed by atoms with van der Waals surface area (Å²) in [5, 5.41) is 8.61. The third-order valence-electron chi connectivity index (χ3n) is 5.05. The number of aromatic nitrogens is 1. The molecule has 0 fully saturated rings. The summed E-state index contributed by atoms with van der Waals surface area (Å²) in [4.78, 5) is 29.2. The number of hydrogen-bond donors (Lipinski definition) is 3. The number of thioether (sulfide) groups is 1. The van der Waals surface area contributed by atoms with Gasteiger partial charge in [-0.1, -0.05) is 35.5 Å². The van der Waals surface area contributed by atoms with Crippen LogP contribution in [-0.2, 0) is 4.79 Å². The van der Waals surface area contributed by atoms with Crippen molar-refractivity contribution in [2.24, 2.45) is 0 Å². The predicted octanol–water partition coefficient (Wildman–Crippen LogP) is 6.60. The van der Waals surface area contributed by atoms with Gasteiger partial charge in [0.25, 0.3) is 0 Å². The molecule has 0 unspecified atom stereocenters. The number of anilines is 3. The normalized spacial score (nSPS) is 10.8. The fourth-order valence-corrected chi connectivity index (χ4v) is 5.02. The maximum absolute atomic E-state index is 12.4. The van der Waals surface area contributed by atoms with E-state index in [1.54, 1.807) is 0 Å². The number of urea groups is 1. The van der Waals surface area contributed by atoms with E-state index in [2.05, 4.69) is 20.9 Å². The molecule has 168 valence electrons. The molecule has 6 nitrogen and oxygen atoms in total. The fraction of sp³-hybridized carbons (Fsp3) is 0.160. The standard InChI is InChI=1S/C25H24N4O2S2/c1-15-4-7-18(8-5-15)26-23(30)14-32-25-29-21-11-10-20(13-22(21)33-25)28-24(31)27-19-9-6-16(2)17(3)12-19/h4-13H,14H2,1-3H3,(H,26,30)(H2,27,28,31). The Bertz CT molecular complexity index is 1320. The zero-order valence-electron chi connectivity index (χ0n) is 18.6. The van der Waals surface area contributed by atoms with Crippen LogP contribution in [0.3, 0.4) is 0 Å². The summed E-state index contributed by atoms with van der Waals surface area (Å²) in [7, 11) is 0. The average molecular weight is 477 g/mol. The van der Waals surface area contributed by atoms with Crippen LogP contribution in [0, 0.1) is 20.8 Å². The van der Waals surface area contributed by atoms with Gasteiger partial charge in [0.05, 0.1) is 16.0 Å². The third-order valence-corrected chi connectivity index (χ3v) is 7.21. The number of aryl methyl sites for hydroxylation is 3. The van der Waals surface area contributed by atoms with Gasteiger partial charge in [-0.25, -0.2) is 9.78 Å². The summed E-state index contributed by atoms with van der Waals surface area (Å²) < 4.78 is 1.75. The van der Waals surface area contributed by atoms with Gasteiger partial charge in [0, 0.05) is 17.1 Å². The summed E-state index contributed by atoms with van der Waals surface area (Å²) in [5.41, 5.74) is 6.49. The minimum atomic E-state index is -0.301. The van der Waals surface area contributed by atoms with Crippen molar-refractivity contribution in [3.05, 3.63) is 77.4 Å². The molecule has 3 N–H and O–H groups in total. The minimum absolute atomic E-state index is 0.0755. The summed E-state index contributed by atoms with van der Waals surface area (Å²) in [5.74, 6) is 0.199. The Morgan fingerprint density at radius 3 is 2.21 bits per heavy atom. The number of carbonyl (C=O) groups is 2. The van der Waals surface area contributed by atoms with E-state index in [0.29, 0.717) is 5.69 Å². The molecule has 4 rings (SSSR count). The molecule has 1 aromatic heterocycles. The average Bonchev–Trinajstić information content (AvgIpc) is 3.19. The van der Waals surface area contributed by atoms with Gasteiger partial charge < -0.3 is 16.0 Å². The van der Waals surface area contributed by atoms with Crippen molar-refractivity contribution in [1.82, 2.24) is 4.98 Å². The Morgan fingerprint density at radius 1 is 0.818 bits per heavy atom. The van der Waals surface area contributed by atoms with Crippen LogP contribution in [0.2, 0.25) is 0 Å². The topological polar surface area (TPSA) is 83.1 Å². The fourth-order valence-electron chi connectivity index (χ4n) is 3.12. The van der Waals surface area contributed by atoms with E-state index in [1.165, 1.54) is 28.7 Å². The summed E-state index contributed by atoms with van der Waals surface area (Å²) in [6.07, 6.45) is 0. The predicted molar refractivity (Wildman–Crippen MR) is 139 cm³/mol. The van der Waals surface area contributed by atoms with E-state index in [0.717, 1.165) is 37.1 Å². The largest absolute Gasteiger partial charge is 0.325 e. The first kappa shape index (κ1) is 22.8. The van der Waals surface area contributed by atoms with Crippen LogP contribution in [-0.4, -0.2) is 22.7 Å². The molecule has 33 heavy (non-hydrogen) atoms. The van der Waals surface area contributed by atoms with Crippen LogP contribution in [0.4, 0.5) is 21.9 Å². The van der Waals surface area contributed by atoms with Crippen molar-refractivity contribution in [1.29, 1.82) is 0 Å². The van der Waals surface area contributed by atoms with Gasteiger partial charge in [0.2, 0.25) is 5.91 Å². The number of nitrogens with one attached hydrogen (secondary N) is 3. The Hall–Kier alpha value is -3.36. The van der Waals surface area contributed by atoms with Crippen molar-refractivity contribution in [3.63, 3.8) is 0 Å². The molecule has 0 saturated carbocycles. The van der Waals surface area contributed by atoms with Crippen molar-refractivity contribution in [3.8, 4) is 0 Å². The quantitative estimate of drug-likeness (QED) is 0.274. The molecule has 1 heterocycles. The molecule has 0 atom stereocenters. The number of nitrogens with zero attached hydrogens (tertiary/aromatic N) is 1. The number of carbonyl (C=O) groups excluding carboxylic acids is 2. The number of rotatable bonds is 6. The summed E-state index contributed by atoms with van der Waals surface area (Å²) in [6, 6.07) is 18.8. The number of fused-ring (bicyclic) bond motifs is 1. The highest BCUT2D eigenvalue weighted by Crippen LogP contribution is 2.31. The van der Waals surface area contributed by atoms with E-state index in [-0.39, 0.29) is 17.7 Å². The van der Waals surface area contributed by atoms with Gasteiger partial charge in [-0.2, -0.15) is 0 Å². The minimum Gasteiger partial charge on any atom is -0.325 e. The molecule has 0 aliphatic carbocycles. The van der Waals surface area contributed by atoms with E-state index in [9.17, 15) is 9.59 Å². The first-order chi connectivity index (χ1) is 15.9. The third kappa shape index (κ3) is 6.12. The second-order valence-electron chi connectivity index (χ2n) is 7.74. The molecule has 3 aromatic carbocycles. The lowest BCUT2D eigenvalue weighted by atomic mass is 10.1. The Morgan fingerprint density at radius 2 is 1.48 bits per heavy atom. The monoisotopic (exact) mass is 476 g/mol. The van der Waals surface area contributed by atoms with Crippen LogP contribution in [0.5, 0.6) is 0 Å². The first-order valence-corrected chi connectivity index (χ1v) is 12.2. The van der Waals surface area contributed by atoms with Crippen LogP contribution < -0.4 is 16.0 Å². The molecule has 4 aromatic rings. The van der Waals surface area contributed by atoms with Gasteiger partial charge in [-0.15, -0.1) is 11.3 Å². The van der Waals surface area contributed by atoms with Gasteiger partial charge in [0.15, 0.2) is 4.34 Å². The molecule has 3 amide bonds. The Kier molecular flexibility index (Phi) is 6.96. The van der Waals surface area contributed by atoms with Crippen LogP contribution in [0.1, 0.15) is 16.7 Å². The molecular formula is C25H24N4O2S2. The van der Waals surface area contributed by atoms with Gasteiger partial charge in [-0.05, 0) is 74.4 Å². The van der Waals surface area contributed by atoms with Crippen molar-refractivity contribution < 1.29 is 9.59 Å². The lowest BCUT2D eigenvalue weighted by Gasteiger charge is -2.09. The molecule has 8 heteroatoms. The maximum Gasteiger partial charge on any atom is 0.323 e. The maximum atomic E-state index is 12.4. The number of hydrogen-bond acceptors (Lipinski definition) is 5. The highest BCUT2D eigenvalue weighted by atomic mass is 32.2. The van der Waals surface area contributed by atoms with Gasteiger partial charge in [0.1, 0.15) is 0 Å². The molecule has 0 spiro atoms. The Labute approximate surface area is 200 Å². The zero-order chi connectivity index (χ0) is 23.4. The number of thiazole rings is 1. The van der Waals surface area contributed by atoms with E-state index in [1.807, 2.05) is 81.4 Å². The number of amides is 3. The van der Waals surface area contributed by atoms with Gasteiger partial charge in [-0.3, -0.25) is 4.79 Å². The first-order valence-electron chi connectivity index (χ1n) is 10.4. The zero-order valence-corrected chi connectivity index (χ0v) is 20.2. The lowest BCUT2D eigenvalue weighted by Crippen LogP contribution is -2.19. The second kappa shape index (κ2) is 10.1. The highest BCUT2D eigenvalue weighted by Gasteiger charge is 2.10. The summed E-state index contributed by atoms with van der Waals surface area (Å²) in [6.45, 7) is 6.05. The van der Waals surface area contributed by atoms with E-state index >= 15 is 0 Å². The van der Waals surface area contributed by atoms with Crippen molar-refractivity contribution in [2.75, 3.05) is 21.7 Å². The second-order valence-corrected chi connectivity index (χ2v) is 10.00. The lowest BCUT2D eigenvalue weighted by molar-refractivity contribution is -0.113. The molecular weight excluding hydrogens is 452 g/mol. The molecule has 0 bridgehead atoms. The smallest absolute Gasteiger partial charge is 0.323 e. The molecule has 0 aliphatic rings. The SMILES string of the molecule is Cc1ccc(NC(=O)CSc2nc3ccc(NC(=O)Nc4ccc(C)c(C)c4)cc3s2)cc1. The molecule has 0 radical (unpaired) electrons. The molecule has 0 aliphatic heterocycles. The Balaban J connectivity index is 1.34. The van der Waals surface area contributed by atoms with Crippen molar-refractivity contribution >= 4 is 62.3 Å². The van der Waals surface area contributed by atoms with Crippen LogP contribution in [0.15, 0.2) is 65.0 Å². The number of benzene rings is 3.